The summed E-state index contributed by atoms with van der Waals surface area (Å²) < 4.78 is 6.55. The maximum absolute atomic E-state index is 11.9. The lowest BCUT2D eigenvalue weighted by Crippen LogP contribution is -2.11. The SMILES string of the molecule is COC(=O)c1c(N)c(C#N)cn1-c1cc(O)c(Cl)cc1Br. The van der Waals surface area contributed by atoms with Crippen molar-refractivity contribution in [3.05, 3.63) is 39.1 Å². The number of aromatic hydroxyl groups is 1. The molecule has 2 aromatic rings. The fourth-order valence-corrected chi connectivity index (χ4v) is 2.65. The highest BCUT2D eigenvalue weighted by molar-refractivity contribution is 9.10. The highest BCUT2D eigenvalue weighted by atomic mass is 79.9. The van der Waals surface area contributed by atoms with Crippen LogP contribution in [0.25, 0.3) is 5.69 Å². The average molecular weight is 371 g/mol. The van der Waals surface area contributed by atoms with Gasteiger partial charge in [0.15, 0.2) is 5.69 Å². The molecule has 3 N–H and O–H groups in total. The van der Waals surface area contributed by atoms with Gasteiger partial charge in [0.2, 0.25) is 0 Å². The minimum Gasteiger partial charge on any atom is -0.506 e. The minimum atomic E-state index is -0.699. The van der Waals surface area contributed by atoms with Gasteiger partial charge in [-0.15, -0.1) is 0 Å². The Morgan fingerprint density at radius 2 is 2.24 bits per heavy atom. The number of phenols is 1. The molecule has 108 valence electrons. The van der Waals surface area contributed by atoms with Crippen molar-refractivity contribution < 1.29 is 14.6 Å². The summed E-state index contributed by atoms with van der Waals surface area (Å²) >= 11 is 9.10. The molecular weight excluding hydrogens is 362 g/mol. The highest BCUT2D eigenvalue weighted by Crippen LogP contribution is 2.35. The van der Waals surface area contributed by atoms with Crippen molar-refractivity contribution in [1.82, 2.24) is 4.57 Å². The number of carbonyl (C=O) groups is 1. The van der Waals surface area contributed by atoms with E-state index in [-0.39, 0.29) is 27.7 Å². The smallest absolute Gasteiger partial charge is 0.357 e. The lowest BCUT2D eigenvalue weighted by Gasteiger charge is -2.11. The highest BCUT2D eigenvalue weighted by Gasteiger charge is 2.23. The lowest BCUT2D eigenvalue weighted by atomic mass is 10.2. The number of phenolic OH excluding ortho intramolecular Hbond substituents is 1. The number of carbonyl (C=O) groups excluding carboxylic acids is 1. The van der Waals surface area contributed by atoms with Crippen molar-refractivity contribution in [2.24, 2.45) is 0 Å². The van der Waals surface area contributed by atoms with E-state index in [0.717, 1.165) is 0 Å². The van der Waals surface area contributed by atoms with Crippen molar-refractivity contribution >= 4 is 39.2 Å². The van der Waals surface area contributed by atoms with Gasteiger partial charge < -0.3 is 20.1 Å². The van der Waals surface area contributed by atoms with E-state index >= 15 is 0 Å². The van der Waals surface area contributed by atoms with Crippen LogP contribution in [0.4, 0.5) is 5.69 Å². The largest absolute Gasteiger partial charge is 0.506 e. The molecule has 1 aromatic heterocycles. The Morgan fingerprint density at radius 3 is 2.81 bits per heavy atom. The Bertz CT molecular complexity index is 780. The predicted molar refractivity (Wildman–Crippen MR) is 80.6 cm³/mol. The van der Waals surface area contributed by atoms with E-state index < -0.39 is 5.97 Å². The van der Waals surface area contributed by atoms with Crippen LogP contribution in [-0.4, -0.2) is 22.8 Å². The van der Waals surface area contributed by atoms with E-state index in [1.54, 1.807) is 0 Å². The van der Waals surface area contributed by atoms with Gasteiger partial charge in [-0.05, 0) is 22.0 Å². The van der Waals surface area contributed by atoms with E-state index in [1.807, 2.05) is 6.07 Å². The van der Waals surface area contributed by atoms with Crippen LogP contribution < -0.4 is 5.73 Å². The molecule has 0 aliphatic rings. The number of benzene rings is 1. The molecule has 0 fully saturated rings. The molecule has 1 aromatic carbocycles. The average Bonchev–Trinajstić information content (AvgIpc) is 2.78. The molecular formula is C13H9BrClN3O3. The molecule has 0 saturated heterocycles. The molecule has 0 atom stereocenters. The molecule has 0 spiro atoms. The second-order valence-corrected chi connectivity index (χ2v) is 5.30. The molecule has 8 heteroatoms. The number of halogens is 2. The second-order valence-electron chi connectivity index (χ2n) is 4.03. The summed E-state index contributed by atoms with van der Waals surface area (Å²) in [4.78, 5) is 11.9. The van der Waals surface area contributed by atoms with Gasteiger partial charge in [0.1, 0.15) is 11.8 Å². The zero-order chi connectivity index (χ0) is 15.7. The summed E-state index contributed by atoms with van der Waals surface area (Å²) in [6, 6.07) is 4.71. The van der Waals surface area contributed by atoms with E-state index in [1.165, 1.54) is 30.0 Å². The van der Waals surface area contributed by atoms with Crippen LogP contribution in [0, 0.1) is 11.3 Å². The van der Waals surface area contributed by atoms with Crippen molar-refractivity contribution in [3.63, 3.8) is 0 Å². The normalized spacial score (nSPS) is 10.2. The molecule has 21 heavy (non-hydrogen) atoms. The fourth-order valence-electron chi connectivity index (χ4n) is 1.82. The fraction of sp³-hybridized carbons (Fsp3) is 0.0769. The van der Waals surface area contributed by atoms with Gasteiger partial charge in [-0.3, -0.25) is 0 Å². The number of ether oxygens (including phenoxy) is 1. The summed E-state index contributed by atoms with van der Waals surface area (Å²) in [6.07, 6.45) is 1.38. The Hall–Kier alpha value is -2.17. The van der Waals surface area contributed by atoms with Crippen molar-refractivity contribution in [2.45, 2.75) is 0 Å². The van der Waals surface area contributed by atoms with Gasteiger partial charge >= 0.3 is 5.97 Å². The predicted octanol–water partition coefficient (Wildman–Crippen LogP) is 2.84. The summed E-state index contributed by atoms with van der Waals surface area (Å²) in [5, 5.41) is 18.9. The van der Waals surface area contributed by atoms with E-state index in [2.05, 4.69) is 20.7 Å². The number of hydrogen-bond acceptors (Lipinski definition) is 5. The number of nitrogen functional groups attached to an aromatic ring is 1. The molecule has 0 aliphatic heterocycles. The molecule has 0 amide bonds. The van der Waals surface area contributed by atoms with Crippen LogP contribution in [0.15, 0.2) is 22.8 Å². The molecule has 0 bridgehead atoms. The number of aromatic nitrogens is 1. The number of rotatable bonds is 2. The first-order chi connectivity index (χ1) is 9.90. The Kier molecular flexibility index (Phi) is 4.11. The van der Waals surface area contributed by atoms with E-state index in [4.69, 9.17) is 22.6 Å². The lowest BCUT2D eigenvalue weighted by molar-refractivity contribution is 0.0593. The van der Waals surface area contributed by atoms with Gasteiger partial charge in [-0.2, -0.15) is 5.26 Å². The number of anilines is 1. The van der Waals surface area contributed by atoms with Crippen molar-refractivity contribution in [3.8, 4) is 17.5 Å². The van der Waals surface area contributed by atoms with Crippen molar-refractivity contribution in [2.75, 3.05) is 12.8 Å². The quantitative estimate of drug-likeness (QED) is 0.792. The number of nitrogens with zero attached hydrogens (tertiary/aromatic N) is 2. The first-order valence-corrected chi connectivity index (χ1v) is 6.75. The molecule has 0 saturated carbocycles. The third-order valence-corrected chi connectivity index (χ3v) is 3.76. The Balaban J connectivity index is 2.78. The van der Waals surface area contributed by atoms with Gasteiger partial charge in [-0.25, -0.2) is 4.79 Å². The van der Waals surface area contributed by atoms with Crippen LogP contribution >= 0.6 is 27.5 Å². The number of nitriles is 1. The van der Waals surface area contributed by atoms with Crippen LogP contribution in [0.3, 0.4) is 0 Å². The third-order valence-electron chi connectivity index (χ3n) is 2.82. The summed E-state index contributed by atoms with van der Waals surface area (Å²) in [7, 11) is 1.21. The van der Waals surface area contributed by atoms with Gasteiger partial charge in [0.25, 0.3) is 0 Å². The molecule has 2 rings (SSSR count). The van der Waals surface area contributed by atoms with E-state index in [9.17, 15) is 9.90 Å². The Labute approximate surface area is 133 Å². The van der Waals surface area contributed by atoms with E-state index in [0.29, 0.717) is 10.2 Å². The first-order valence-electron chi connectivity index (χ1n) is 5.58. The number of hydrogen-bond donors (Lipinski definition) is 2. The van der Waals surface area contributed by atoms with Gasteiger partial charge in [0.05, 0.1) is 29.1 Å². The molecule has 1 heterocycles. The van der Waals surface area contributed by atoms with Crippen LogP contribution in [-0.2, 0) is 4.74 Å². The van der Waals surface area contributed by atoms with Crippen LogP contribution in [0.5, 0.6) is 5.75 Å². The third kappa shape index (κ3) is 2.55. The van der Waals surface area contributed by atoms with Crippen LogP contribution in [0.2, 0.25) is 5.02 Å². The zero-order valence-electron chi connectivity index (χ0n) is 10.7. The Morgan fingerprint density at radius 1 is 1.57 bits per heavy atom. The van der Waals surface area contributed by atoms with Gasteiger partial charge in [-0.1, -0.05) is 11.6 Å². The topological polar surface area (TPSA) is 101 Å². The molecule has 6 nitrogen and oxygen atoms in total. The standard InChI is InChI=1S/C13H9BrClN3O3/c1-21-13(20)12-11(17)6(4-16)5-18(12)9-3-10(19)8(15)2-7(9)14/h2-3,5,19H,17H2,1H3. The van der Waals surface area contributed by atoms with Crippen molar-refractivity contribution in [1.29, 1.82) is 5.26 Å². The minimum absolute atomic E-state index is 0.00327. The molecule has 0 unspecified atom stereocenters. The monoisotopic (exact) mass is 369 g/mol. The molecule has 0 aliphatic carbocycles. The number of methoxy groups -OCH3 is 1. The summed E-state index contributed by atoms with van der Waals surface area (Å²) in [6.45, 7) is 0. The molecule has 0 radical (unpaired) electrons. The second kappa shape index (κ2) is 5.68. The summed E-state index contributed by atoms with van der Waals surface area (Å²) in [5.74, 6) is -0.869. The van der Waals surface area contributed by atoms with Gasteiger partial charge in [0, 0.05) is 16.7 Å². The maximum atomic E-state index is 11.9. The maximum Gasteiger partial charge on any atom is 0.357 e. The summed E-state index contributed by atoms with van der Waals surface area (Å²) in [5.41, 5.74) is 6.32. The van der Waals surface area contributed by atoms with Crippen LogP contribution in [0.1, 0.15) is 16.1 Å². The number of esters is 1. The zero-order valence-corrected chi connectivity index (χ0v) is 13.1. The number of nitrogens with two attached hydrogens (primary N) is 1. The first kappa shape index (κ1) is 15.2.